The molecule has 0 aliphatic carbocycles. The van der Waals surface area contributed by atoms with Crippen molar-refractivity contribution >= 4 is 23.5 Å². The van der Waals surface area contributed by atoms with Crippen LogP contribution in [-0.4, -0.2) is 78.7 Å². The molecule has 0 radical (unpaired) electrons. The van der Waals surface area contributed by atoms with Gasteiger partial charge in [-0.25, -0.2) is 0 Å². The van der Waals surface area contributed by atoms with Gasteiger partial charge in [0.2, 0.25) is 0 Å². The Morgan fingerprint density at radius 3 is 1.39 bits per heavy atom. The zero-order chi connectivity index (χ0) is 41.2. The van der Waals surface area contributed by atoms with Gasteiger partial charge >= 0.3 is 11.9 Å². The summed E-state index contributed by atoms with van der Waals surface area (Å²) in [7, 11) is 3.65. The molecule has 0 aliphatic heterocycles. The van der Waals surface area contributed by atoms with E-state index in [1.54, 1.807) is 4.31 Å². The van der Waals surface area contributed by atoms with E-state index in [2.05, 4.69) is 30.4 Å². The summed E-state index contributed by atoms with van der Waals surface area (Å²) in [6, 6.07) is 0. The van der Waals surface area contributed by atoms with Crippen molar-refractivity contribution in [1.82, 2.24) is 13.9 Å². The first-order valence-electron chi connectivity index (χ1n) is 24.2. The standard InChI is InChI=1S/C47H95N3O5S/c1-6-9-12-15-18-27-34-44-54-46(51)38-30-23-19-25-32-41-50(43-35-40-48-56(53)49(4)5)42-33-26-20-24-31-39-47(52)55-45(36-28-21-16-13-10-7-2)37-29-22-17-14-11-8-3/h45,48H,6-44H2,1-5H3. The highest BCUT2D eigenvalue weighted by molar-refractivity contribution is 7.87. The lowest BCUT2D eigenvalue weighted by Gasteiger charge is -2.23. The molecule has 0 fully saturated rings. The largest absolute Gasteiger partial charge is 0.579 e. The van der Waals surface area contributed by atoms with Gasteiger partial charge in [0, 0.05) is 33.5 Å². The molecule has 1 N–H and O–H groups in total. The maximum absolute atomic E-state index is 12.8. The van der Waals surface area contributed by atoms with Gasteiger partial charge in [-0.2, -0.15) is 0 Å². The van der Waals surface area contributed by atoms with E-state index in [-0.39, 0.29) is 18.0 Å². The van der Waals surface area contributed by atoms with E-state index < -0.39 is 11.5 Å². The fourth-order valence-electron chi connectivity index (χ4n) is 7.33. The van der Waals surface area contributed by atoms with Crippen molar-refractivity contribution in [2.24, 2.45) is 0 Å². The molecule has 0 rings (SSSR count). The first-order valence-corrected chi connectivity index (χ1v) is 25.3. The van der Waals surface area contributed by atoms with Crippen molar-refractivity contribution < 1.29 is 23.6 Å². The number of hydrogen-bond donors (Lipinski definition) is 1. The SMILES string of the molecule is CCCCCCCCCOC(=O)CCCCCCCN(CCCCCCCC(=O)OC(CCCCCCCC)CCCCCCCC)CCCN[S+]([O-])N(C)C. The second kappa shape index (κ2) is 43.7. The molecule has 9 heteroatoms. The maximum Gasteiger partial charge on any atom is 0.306 e. The smallest absolute Gasteiger partial charge is 0.306 e. The molecule has 0 aromatic heterocycles. The summed E-state index contributed by atoms with van der Waals surface area (Å²) >= 11 is -1.13. The summed E-state index contributed by atoms with van der Waals surface area (Å²) in [6.45, 7) is 11.3. The summed E-state index contributed by atoms with van der Waals surface area (Å²) < 4.78 is 28.4. The predicted molar refractivity (Wildman–Crippen MR) is 241 cm³/mol. The summed E-state index contributed by atoms with van der Waals surface area (Å²) in [5.74, 6) is -0.0159. The van der Waals surface area contributed by atoms with E-state index in [9.17, 15) is 14.1 Å². The van der Waals surface area contributed by atoms with Gasteiger partial charge in [-0.15, -0.1) is 9.03 Å². The minimum absolute atomic E-state index is 0.0145. The van der Waals surface area contributed by atoms with Gasteiger partial charge in [0.25, 0.3) is 0 Å². The molecule has 1 atom stereocenters. The van der Waals surface area contributed by atoms with Crippen molar-refractivity contribution in [3.63, 3.8) is 0 Å². The molecule has 0 amide bonds. The molecular weight excluding hydrogens is 719 g/mol. The van der Waals surface area contributed by atoms with Gasteiger partial charge in [0.05, 0.1) is 6.61 Å². The second-order valence-corrected chi connectivity index (χ2v) is 18.3. The zero-order valence-electron chi connectivity index (χ0n) is 38.0. The van der Waals surface area contributed by atoms with Crippen LogP contribution in [0, 0.1) is 0 Å². The number of nitrogens with one attached hydrogen (secondary N) is 1. The summed E-state index contributed by atoms with van der Waals surface area (Å²) in [6.07, 6.45) is 39.3. The van der Waals surface area contributed by atoms with Crippen LogP contribution in [0.3, 0.4) is 0 Å². The molecule has 0 bridgehead atoms. The molecule has 0 spiro atoms. The van der Waals surface area contributed by atoms with E-state index in [1.165, 1.54) is 135 Å². The normalized spacial score (nSPS) is 12.3. The Morgan fingerprint density at radius 2 is 0.911 bits per heavy atom. The van der Waals surface area contributed by atoms with E-state index >= 15 is 0 Å². The average molecular weight is 814 g/mol. The molecule has 0 aromatic rings. The van der Waals surface area contributed by atoms with Gasteiger partial charge in [-0.1, -0.05) is 162 Å². The van der Waals surface area contributed by atoms with Crippen LogP contribution < -0.4 is 4.72 Å². The average Bonchev–Trinajstić information content (AvgIpc) is 3.18. The van der Waals surface area contributed by atoms with E-state index in [0.717, 1.165) is 96.8 Å². The van der Waals surface area contributed by atoms with Crippen LogP contribution in [0.25, 0.3) is 0 Å². The van der Waals surface area contributed by atoms with Crippen LogP contribution in [0.5, 0.6) is 0 Å². The molecule has 8 nitrogen and oxygen atoms in total. The number of carbonyl (C=O) groups excluding carboxylic acids is 2. The lowest BCUT2D eigenvalue weighted by Crippen LogP contribution is -2.37. The first kappa shape index (κ1) is 55.1. The highest BCUT2D eigenvalue weighted by atomic mass is 32.2. The molecule has 0 saturated carbocycles. The monoisotopic (exact) mass is 814 g/mol. The maximum atomic E-state index is 12.8. The summed E-state index contributed by atoms with van der Waals surface area (Å²) in [5, 5.41) is 0. The van der Waals surface area contributed by atoms with E-state index in [0.29, 0.717) is 19.4 Å². The van der Waals surface area contributed by atoms with Crippen LogP contribution in [0.15, 0.2) is 0 Å². The fourth-order valence-corrected chi connectivity index (χ4v) is 7.90. The van der Waals surface area contributed by atoms with Gasteiger partial charge in [-0.3, -0.25) is 9.59 Å². The van der Waals surface area contributed by atoms with Crippen molar-refractivity contribution in [2.45, 2.75) is 245 Å². The number of carbonyl (C=O) groups is 2. The minimum atomic E-state index is -1.13. The fraction of sp³-hybridized carbons (Fsp3) is 0.957. The first-order chi connectivity index (χ1) is 27.3. The molecule has 0 aliphatic rings. The van der Waals surface area contributed by atoms with Crippen molar-refractivity contribution in [2.75, 3.05) is 46.9 Å². The van der Waals surface area contributed by atoms with Crippen molar-refractivity contribution in [3.05, 3.63) is 0 Å². The molecule has 334 valence electrons. The Labute approximate surface area is 352 Å². The predicted octanol–water partition coefficient (Wildman–Crippen LogP) is 12.8. The van der Waals surface area contributed by atoms with Gasteiger partial charge in [0.1, 0.15) is 17.7 Å². The Hall–Kier alpha value is -0.870. The second-order valence-electron chi connectivity index (χ2n) is 16.8. The quantitative estimate of drug-likeness (QED) is 0.0369. The van der Waals surface area contributed by atoms with Crippen LogP contribution in [-0.2, 0) is 30.6 Å². The molecule has 56 heavy (non-hydrogen) atoms. The third-order valence-corrected chi connectivity index (χ3v) is 12.1. The number of hydrogen-bond acceptors (Lipinski definition) is 8. The third-order valence-electron chi connectivity index (χ3n) is 11.0. The number of nitrogens with zero attached hydrogens (tertiary/aromatic N) is 2. The highest BCUT2D eigenvalue weighted by Gasteiger charge is 2.15. The van der Waals surface area contributed by atoms with Gasteiger partial charge in [-0.05, 0) is 83.8 Å². The van der Waals surface area contributed by atoms with Crippen LogP contribution in [0.4, 0.5) is 0 Å². The molecule has 0 saturated heterocycles. The molecule has 1 unspecified atom stereocenters. The lowest BCUT2D eigenvalue weighted by molar-refractivity contribution is -0.150. The van der Waals surface area contributed by atoms with Crippen LogP contribution in [0.1, 0.15) is 239 Å². The number of rotatable bonds is 45. The number of esters is 2. The highest BCUT2D eigenvalue weighted by Crippen LogP contribution is 2.19. The zero-order valence-corrected chi connectivity index (χ0v) is 38.8. The topological polar surface area (TPSA) is 94.2 Å². The Kier molecular flexibility index (Phi) is 43.0. The minimum Gasteiger partial charge on any atom is -0.579 e. The molecule has 0 heterocycles. The van der Waals surface area contributed by atoms with Gasteiger partial charge in [0.15, 0.2) is 0 Å². The molecular formula is C47H95N3O5S. The third kappa shape index (κ3) is 39.9. The van der Waals surface area contributed by atoms with Crippen molar-refractivity contribution in [1.29, 1.82) is 0 Å². The number of unbranched alkanes of at least 4 members (excludes halogenated alkanes) is 24. The summed E-state index contributed by atoms with van der Waals surface area (Å²) in [5.41, 5.74) is 0. The van der Waals surface area contributed by atoms with Gasteiger partial charge < -0.3 is 18.9 Å². The number of ether oxygens (including phenoxy) is 2. The lowest BCUT2D eigenvalue weighted by atomic mass is 10.0. The summed E-state index contributed by atoms with van der Waals surface area (Å²) in [4.78, 5) is 27.5. The van der Waals surface area contributed by atoms with Crippen LogP contribution >= 0.6 is 0 Å². The Morgan fingerprint density at radius 1 is 0.518 bits per heavy atom. The Bertz CT molecular complexity index is 820. The van der Waals surface area contributed by atoms with E-state index in [4.69, 9.17) is 9.47 Å². The van der Waals surface area contributed by atoms with Crippen LogP contribution in [0.2, 0.25) is 0 Å². The Balaban J connectivity index is 4.35. The van der Waals surface area contributed by atoms with E-state index in [1.807, 2.05) is 14.1 Å². The van der Waals surface area contributed by atoms with Crippen molar-refractivity contribution in [3.8, 4) is 0 Å². The molecule has 0 aromatic carbocycles.